The molecular formula is C16H26BrIN4O. The summed E-state index contributed by atoms with van der Waals surface area (Å²) in [7, 11) is 1.80. The molecule has 1 aromatic rings. The van der Waals surface area contributed by atoms with Gasteiger partial charge in [-0.15, -0.1) is 24.0 Å². The minimum Gasteiger partial charge on any atom is -0.380 e. The Bertz CT molecular complexity index is 483. The SMILES string of the molecule is CCOCCNC(=NC)NC1CCN(c2ccc(Br)cc2)C1.I. The van der Waals surface area contributed by atoms with Crippen molar-refractivity contribution in [2.75, 3.05) is 44.8 Å². The zero-order valence-corrected chi connectivity index (χ0v) is 17.6. The zero-order chi connectivity index (χ0) is 15.8. The van der Waals surface area contributed by atoms with E-state index in [1.807, 2.05) is 6.92 Å². The van der Waals surface area contributed by atoms with Gasteiger partial charge in [0.25, 0.3) is 0 Å². The van der Waals surface area contributed by atoms with Gasteiger partial charge >= 0.3 is 0 Å². The van der Waals surface area contributed by atoms with Gasteiger partial charge in [0.2, 0.25) is 0 Å². The van der Waals surface area contributed by atoms with Crippen LogP contribution in [0.5, 0.6) is 0 Å². The van der Waals surface area contributed by atoms with Crippen molar-refractivity contribution in [3.63, 3.8) is 0 Å². The fraction of sp³-hybridized carbons (Fsp3) is 0.562. The van der Waals surface area contributed by atoms with Crippen molar-refractivity contribution in [1.29, 1.82) is 0 Å². The van der Waals surface area contributed by atoms with Crippen molar-refractivity contribution in [1.82, 2.24) is 10.6 Å². The average Bonchev–Trinajstić information content (AvgIpc) is 2.99. The zero-order valence-electron chi connectivity index (χ0n) is 13.7. The lowest BCUT2D eigenvalue weighted by Gasteiger charge is -2.20. The first-order chi connectivity index (χ1) is 10.7. The highest BCUT2D eigenvalue weighted by Gasteiger charge is 2.23. The molecule has 1 aliphatic rings. The van der Waals surface area contributed by atoms with Crippen LogP contribution in [-0.4, -0.2) is 51.9 Å². The van der Waals surface area contributed by atoms with Crippen LogP contribution < -0.4 is 15.5 Å². The maximum absolute atomic E-state index is 5.33. The molecule has 1 fully saturated rings. The van der Waals surface area contributed by atoms with Crippen LogP contribution in [0.15, 0.2) is 33.7 Å². The van der Waals surface area contributed by atoms with Crippen LogP contribution >= 0.6 is 39.9 Å². The van der Waals surface area contributed by atoms with E-state index in [4.69, 9.17) is 4.74 Å². The molecule has 1 aliphatic heterocycles. The highest BCUT2D eigenvalue weighted by molar-refractivity contribution is 14.0. The standard InChI is InChI=1S/C16H25BrN4O.HI/c1-3-22-11-9-19-16(18-2)20-14-8-10-21(12-14)15-6-4-13(17)5-7-15;/h4-7,14H,3,8-12H2,1-2H3,(H2,18,19,20);1H. The second kappa shape index (κ2) is 11.1. The highest BCUT2D eigenvalue weighted by atomic mass is 127. The number of rotatable bonds is 6. The Balaban J connectivity index is 0.00000264. The summed E-state index contributed by atoms with van der Waals surface area (Å²) in [5.74, 6) is 0.849. The summed E-state index contributed by atoms with van der Waals surface area (Å²) in [5.41, 5.74) is 1.27. The van der Waals surface area contributed by atoms with E-state index in [2.05, 4.69) is 60.7 Å². The third kappa shape index (κ3) is 6.84. The van der Waals surface area contributed by atoms with E-state index in [0.717, 1.165) is 43.1 Å². The molecule has 0 aromatic heterocycles. The smallest absolute Gasteiger partial charge is 0.191 e. The molecule has 0 aliphatic carbocycles. The van der Waals surface area contributed by atoms with Gasteiger partial charge in [-0.2, -0.15) is 0 Å². The van der Waals surface area contributed by atoms with E-state index in [9.17, 15) is 0 Å². The third-order valence-electron chi connectivity index (χ3n) is 3.69. The summed E-state index contributed by atoms with van der Waals surface area (Å²) >= 11 is 3.48. The normalized spacial score (nSPS) is 17.8. The third-order valence-corrected chi connectivity index (χ3v) is 4.22. The van der Waals surface area contributed by atoms with E-state index in [1.165, 1.54) is 5.69 Å². The summed E-state index contributed by atoms with van der Waals surface area (Å²) in [5, 5.41) is 6.77. The van der Waals surface area contributed by atoms with Crippen molar-refractivity contribution >= 4 is 51.6 Å². The molecule has 23 heavy (non-hydrogen) atoms. The molecule has 1 unspecified atom stereocenters. The minimum absolute atomic E-state index is 0. The lowest BCUT2D eigenvalue weighted by atomic mass is 10.3. The summed E-state index contributed by atoms with van der Waals surface area (Å²) in [6.45, 7) is 6.29. The predicted molar refractivity (Wildman–Crippen MR) is 111 cm³/mol. The van der Waals surface area contributed by atoms with Crippen molar-refractivity contribution in [3.05, 3.63) is 28.7 Å². The number of ether oxygens (including phenoxy) is 1. The molecule has 7 heteroatoms. The van der Waals surface area contributed by atoms with Crippen molar-refractivity contribution in [3.8, 4) is 0 Å². The van der Waals surface area contributed by atoms with Gasteiger partial charge in [0, 0.05) is 49.5 Å². The molecule has 1 heterocycles. The van der Waals surface area contributed by atoms with Gasteiger partial charge in [0.15, 0.2) is 5.96 Å². The summed E-state index contributed by atoms with van der Waals surface area (Å²) < 4.78 is 6.44. The molecule has 1 aromatic carbocycles. The summed E-state index contributed by atoms with van der Waals surface area (Å²) in [4.78, 5) is 6.67. The van der Waals surface area contributed by atoms with E-state index < -0.39 is 0 Å². The number of hydrogen-bond acceptors (Lipinski definition) is 3. The number of halogens is 2. The van der Waals surface area contributed by atoms with Gasteiger partial charge in [0.1, 0.15) is 0 Å². The number of hydrogen-bond donors (Lipinski definition) is 2. The van der Waals surface area contributed by atoms with Crippen molar-refractivity contribution in [2.45, 2.75) is 19.4 Å². The van der Waals surface area contributed by atoms with Crippen molar-refractivity contribution in [2.24, 2.45) is 4.99 Å². The van der Waals surface area contributed by atoms with Gasteiger partial charge in [-0.3, -0.25) is 4.99 Å². The molecule has 5 nitrogen and oxygen atoms in total. The summed E-state index contributed by atoms with van der Waals surface area (Å²) in [6.07, 6.45) is 1.11. The number of nitrogens with zero attached hydrogens (tertiary/aromatic N) is 2. The Kier molecular flexibility index (Phi) is 9.89. The predicted octanol–water partition coefficient (Wildman–Crippen LogP) is 2.85. The quantitative estimate of drug-likeness (QED) is 0.275. The van der Waals surface area contributed by atoms with Crippen LogP contribution in [0.25, 0.3) is 0 Å². The molecule has 130 valence electrons. The minimum atomic E-state index is 0. The van der Waals surface area contributed by atoms with E-state index in [1.54, 1.807) is 7.05 Å². The molecule has 0 saturated carbocycles. The highest BCUT2D eigenvalue weighted by Crippen LogP contribution is 2.22. The first-order valence-corrected chi connectivity index (χ1v) is 8.57. The number of benzene rings is 1. The Morgan fingerprint density at radius 1 is 1.39 bits per heavy atom. The molecule has 0 amide bonds. The second-order valence-electron chi connectivity index (χ2n) is 5.25. The Morgan fingerprint density at radius 2 is 2.13 bits per heavy atom. The van der Waals surface area contributed by atoms with Crippen LogP contribution in [-0.2, 0) is 4.74 Å². The van der Waals surface area contributed by atoms with Crippen LogP contribution in [0.2, 0.25) is 0 Å². The van der Waals surface area contributed by atoms with E-state index >= 15 is 0 Å². The molecule has 0 radical (unpaired) electrons. The molecule has 2 rings (SSSR count). The molecular weight excluding hydrogens is 471 g/mol. The van der Waals surface area contributed by atoms with Crippen LogP contribution in [0.1, 0.15) is 13.3 Å². The average molecular weight is 497 g/mol. The fourth-order valence-electron chi connectivity index (χ4n) is 2.54. The van der Waals surface area contributed by atoms with Gasteiger partial charge in [-0.25, -0.2) is 0 Å². The summed E-state index contributed by atoms with van der Waals surface area (Å²) in [6, 6.07) is 8.90. The molecule has 2 N–H and O–H groups in total. The molecule has 1 saturated heterocycles. The lowest BCUT2D eigenvalue weighted by molar-refractivity contribution is 0.152. The van der Waals surface area contributed by atoms with Gasteiger partial charge in [-0.05, 0) is 37.6 Å². The number of guanidine groups is 1. The Labute approximate surface area is 164 Å². The fourth-order valence-corrected chi connectivity index (χ4v) is 2.80. The maximum Gasteiger partial charge on any atom is 0.191 e. The van der Waals surface area contributed by atoms with Gasteiger partial charge < -0.3 is 20.3 Å². The van der Waals surface area contributed by atoms with E-state index in [-0.39, 0.29) is 24.0 Å². The largest absolute Gasteiger partial charge is 0.380 e. The number of anilines is 1. The topological polar surface area (TPSA) is 48.9 Å². The molecule has 0 bridgehead atoms. The van der Waals surface area contributed by atoms with Crippen molar-refractivity contribution < 1.29 is 4.74 Å². The first-order valence-electron chi connectivity index (χ1n) is 7.78. The Hall–Kier alpha value is -0.540. The maximum atomic E-state index is 5.33. The van der Waals surface area contributed by atoms with Crippen LogP contribution in [0.3, 0.4) is 0 Å². The van der Waals surface area contributed by atoms with Crippen LogP contribution in [0, 0.1) is 0 Å². The van der Waals surface area contributed by atoms with Gasteiger partial charge in [-0.1, -0.05) is 15.9 Å². The Morgan fingerprint density at radius 3 is 2.78 bits per heavy atom. The first kappa shape index (κ1) is 20.5. The van der Waals surface area contributed by atoms with Crippen LogP contribution in [0.4, 0.5) is 5.69 Å². The van der Waals surface area contributed by atoms with Gasteiger partial charge in [0.05, 0.1) is 6.61 Å². The second-order valence-corrected chi connectivity index (χ2v) is 6.16. The molecule has 0 spiro atoms. The number of aliphatic imine (C=N–C) groups is 1. The lowest BCUT2D eigenvalue weighted by Crippen LogP contribution is -2.45. The number of nitrogens with one attached hydrogen (secondary N) is 2. The monoisotopic (exact) mass is 496 g/mol. The van der Waals surface area contributed by atoms with E-state index in [0.29, 0.717) is 12.6 Å². The molecule has 1 atom stereocenters.